The summed E-state index contributed by atoms with van der Waals surface area (Å²) in [6.45, 7) is 7.58. The number of hydrogen-bond acceptors (Lipinski definition) is 3. The van der Waals surface area contributed by atoms with Gasteiger partial charge in [0.1, 0.15) is 5.75 Å². The Hall–Kier alpha value is -1.19. The lowest BCUT2D eigenvalue weighted by molar-refractivity contribution is 0.311. The molecule has 0 aliphatic heterocycles. The van der Waals surface area contributed by atoms with Gasteiger partial charge in [-0.2, -0.15) is 5.10 Å². The first-order valence-corrected chi connectivity index (χ1v) is 10.1. The highest BCUT2D eigenvalue weighted by Gasteiger charge is 2.14. The van der Waals surface area contributed by atoms with Crippen LogP contribution in [0.4, 0.5) is 0 Å². The number of ether oxygens (including phenoxy) is 1. The molecule has 1 atom stereocenters. The van der Waals surface area contributed by atoms with Gasteiger partial charge < -0.3 is 15.4 Å². The van der Waals surface area contributed by atoms with Crippen LogP contribution in [-0.4, -0.2) is 42.0 Å². The zero-order valence-corrected chi connectivity index (χ0v) is 21.4. The van der Waals surface area contributed by atoms with Crippen LogP contribution in [0.3, 0.4) is 0 Å². The molecule has 1 aromatic carbocycles. The van der Waals surface area contributed by atoms with Crippen molar-refractivity contribution in [2.75, 3.05) is 20.2 Å². The Balaban J connectivity index is 0.00000420. The van der Waals surface area contributed by atoms with Crippen molar-refractivity contribution < 1.29 is 4.74 Å². The molecular weight excluding hydrogens is 524 g/mol. The minimum Gasteiger partial charge on any atom is -0.492 e. The summed E-state index contributed by atoms with van der Waals surface area (Å²) in [6.07, 6.45) is 1.71. The predicted octanol–water partition coefficient (Wildman–Crippen LogP) is 4.53. The number of aryl methyl sites for hydroxylation is 2. The van der Waals surface area contributed by atoms with E-state index in [1.54, 1.807) is 25.2 Å². The summed E-state index contributed by atoms with van der Waals surface area (Å²) in [6, 6.07) is 5.45. The second-order valence-electron chi connectivity index (χ2n) is 6.80. The summed E-state index contributed by atoms with van der Waals surface area (Å²) in [7, 11) is 3.75. The molecule has 2 N–H and O–H groups in total. The molecule has 2 rings (SSSR count). The first-order valence-electron chi connectivity index (χ1n) is 9.36. The maximum Gasteiger partial charge on any atom is 0.191 e. The quantitative estimate of drug-likeness (QED) is 0.218. The van der Waals surface area contributed by atoms with Crippen molar-refractivity contribution in [1.82, 2.24) is 20.4 Å². The van der Waals surface area contributed by atoms with Gasteiger partial charge in [0, 0.05) is 37.4 Å². The van der Waals surface area contributed by atoms with E-state index in [9.17, 15) is 0 Å². The topological polar surface area (TPSA) is 63.5 Å². The number of nitrogens with zero attached hydrogens (tertiary/aromatic N) is 3. The van der Waals surface area contributed by atoms with Gasteiger partial charge >= 0.3 is 0 Å². The molecule has 162 valence electrons. The lowest BCUT2D eigenvalue weighted by Gasteiger charge is -2.18. The zero-order chi connectivity index (χ0) is 20.7. The van der Waals surface area contributed by atoms with E-state index in [0.29, 0.717) is 22.4 Å². The van der Waals surface area contributed by atoms with Gasteiger partial charge in [0.05, 0.1) is 17.3 Å². The molecule has 0 radical (unpaired) electrons. The molecule has 1 heterocycles. The van der Waals surface area contributed by atoms with Gasteiger partial charge in [-0.15, -0.1) is 24.0 Å². The van der Waals surface area contributed by atoms with Gasteiger partial charge in [0.25, 0.3) is 0 Å². The van der Waals surface area contributed by atoms with E-state index in [2.05, 4.69) is 41.5 Å². The van der Waals surface area contributed by atoms with E-state index < -0.39 is 0 Å². The Morgan fingerprint density at radius 2 is 2.03 bits per heavy atom. The van der Waals surface area contributed by atoms with Crippen LogP contribution in [0.1, 0.15) is 30.3 Å². The van der Waals surface area contributed by atoms with Crippen molar-refractivity contribution in [2.24, 2.45) is 12.0 Å². The molecule has 29 heavy (non-hydrogen) atoms. The molecule has 0 amide bonds. The van der Waals surface area contributed by atoms with Crippen LogP contribution in [0.5, 0.6) is 5.75 Å². The second-order valence-corrected chi connectivity index (χ2v) is 7.64. The summed E-state index contributed by atoms with van der Waals surface area (Å²) in [5.74, 6) is 1.42. The number of halogens is 3. The van der Waals surface area contributed by atoms with Crippen LogP contribution in [-0.2, 0) is 13.5 Å². The highest BCUT2D eigenvalue weighted by Crippen LogP contribution is 2.27. The third-order valence-corrected chi connectivity index (χ3v) is 5.07. The van der Waals surface area contributed by atoms with Gasteiger partial charge in [-0.25, -0.2) is 0 Å². The average molecular weight is 554 g/mol. The van der Waals surface area contributed by atoms with Crippen molar-refractivity contribution in [3.8, 4) is 5.75 Å². The maximum atomic E-state index is 6.10. The van der Waals surface area contributed by atoms with Crippen molar-refractivity contribution in [2.45, 2.75) is 39.7 Å². The van der Waals surface area contributed by atoms with Crippen LogP contribution in [0.2, 0.25) is 10.0 Å². The Kier molecular flexibility index (Phi) is 11.1. The van der Waals surface area contributed by atoms with E-state index >= 15 is 0 Å². The molecule has 0 aliphatic rings. The largest absolute Gasteiger partial charge is 0.492 e. The third kappa shape index (κ3) is 7.86. The van der Waals surface area contributed by atoms with Crippen LogP contribution in [0.15, 0.2) is 23.2 Å². The van der Waals surface area contributed by atoms with Crippen LogP contribution in [0, 0.1) is 13.8 Å². The predicted molar refractivity (Wildman–Crippen MR) is 132 cm³/mol. The van der Waals surface area contributed by atoms with Crippen molar-refractivity contribution in [1.29, 1.82) is 0 Å². The minimum atomic E-state index is 0. The fourth-order valence-electron chi connectivity index (χ4n) is 2.95. The van der Waals surface area contributed by atoms with Gasteiger partial charge in [0.15, 0.2) is 5.96 Å². The molecule has 1 unspecified atom stereocenters. The Morgan fingerprint density at radius 1 is 1.31 bits per heavy atom. The summed E-state index contributed by atoms with van der Waals surface area (Å²) >= 11 is 12.0. The molecule has 0 aliphatic carbocycles. The zero-order valence-electron chi connectivity index (χ0n) is 17.6. The molecule has 0 fully saturated rings. The molecule has 6 nitrogen and oxygen atoms in total. The lowest BCUT2D eigenvalue weighted by atomic mass is 10.1. The normalized spacial score (nSPS) is 12.3. The first-order chi connectivity index (χ1) is 13.3. The van der Waals surface area contributed by atoms with Crippen LogP contribution >= 0.6 is 47.2 Å². The summed E-state index contributed by atoms with van der Waals surface area (Å²) < 4.78 is 7.62. The van der Waals surface area contributed by atoms with Crippen LogP contribution in [0.25, 0.3) is 0 Å². The smallest absolute Gasteiger partial charge is 0.191 e. The third-order valence-electron chi connectivity index (χ3n) is 4.54. The number of nitrogens with one attached hydrogen (secondary N) is 2. The minimum absolute atomic E-state index is 0. The fourth-order valence-corrected chi connectivity index (χ4v) is 3.41. The average Bonchev–Trinajstić information content (AvgIpc) is 2.88. The van der Waals surface area contributed by atoms with E-state index in [4.69, 9.17) is 27.9 Å². The van der Waals surface area contributed by atoms with E-state index in [1.165, 1.54) is 11.3 Å². The molecule has 0 saturated carbocycles. The molecule has 0 bridgehead atoms. The Morgan fingerprint density at radius 3 is 2.62 bits per heavy atom. The molecule has 2 aromatic rings. The molecule has 9 heteroatoms. The van der Waals surface area contributed by atoms with Gasteiger partial charge in [-0.3, -0.25) is 9.67 Å². The molecule has 0 saturated heterocycles. The number of hydrogen-bond donors (Lipinski definition) is 2. The van der Waals surface area contributed by atoms with Crippen molar-refractivity contribution in [3.05, 3.63) is 45.2 Å². The number of aliphatic imine (C=N–C) groups is 1. The first kappa shape index (κ1) is 25.8. The van der Waals surface area contributed by atoms with E-state index in [-0.39, 0.29) is 30.0 Å². The van der Waals surface area contributed by atoms with Gasteiger partial charge in [-0.05, 0) is 57.4 Å². The second kappa shape index (κ2) is 12.5. The molecule has 1 aromatic heterocycles. The van der Waals surface area contributed by atoms with E-state index in [1.807, 2.05) is 11.7 Å². The van der Waals surface area contributed by atoms with E-state index in [0.717, 1.165) is 31.0 Å². The summed E-state index contributed by atoms with van der Waals surface area (Å²) in [4.78, 5) is 4.30. The maximum absolute atomic E-state index is 6.10. The van der Waals surface area contributed by atoms with Gasteiger partial charge in [0.2, 0.25) is 0 Å². The van der Waals surface area contributed by atoms with Crippen molar-refractivity contribution in [3.63, 3.8) is 0 Å². The number of benzene rings is 1. The summed E-state index contributed by atoms with van der Waals surface area (Å²) in [5.41, 5.74) is 3.56. The van der Waals surface area contributed by atoms with Gasteiger partial charge in [-0.1, -0.05) is 23.2 Å². The number of guanidine groups is 1. The lowest BCUT2D eigenvalue weighted by Crippen LogP contribution is -2.43. The number of rotatable bonds is 8. The SMILES string of the molecule is CN=C(NCCCOc1ccc(Cl)cc1Cl)NC(C)Cc1c(C)nn(C)c1C.I. The highest BCUT2D eigenvalue weighted by atomic mass is 127. The Bertz CT molecular complexity index is 825. The van der Waals surface area contributed by atoms with Crippen LogP contribution < -0.4 is 15.4 Å². The molecular formula is C20H30Cl2IN5O. The molecule has 0 spiro atoms. The number of aromatic nitrogens is 2. The fraction of sp³-hybridized carbons (Fsp3) is 0.500. The standard InChI is InChI=1S/C20H29Cl2N5O.HI/c1-13(11-17-14(2)26-27(5)15(17)3)25-20(23-4)24-9-6-10-28-19-8-7-16(21)12-18(19)22;/h7-8,12-13H,6,9-11H2,1-5H3,(H2,23,24,25);1H. The van der Waals surface area contributed by atoms with Crippen molar-refractivity contribution >= 4 is 53.1 Å². The highest BCUT2D eigenvalue weighted by molar-refractivity contribution is 14.0. The monoisotopic (exact) mass is 553 g/mol. The Labute approximate surface area is 200 Å². The summed E-state index contributed by atoms with van der Waals surface area (Å²) in [5, 5.41) is 12.3.